The van der Waals surface area contributed by atoms with Gasteiger partial charge in [0, 0.05) is 23.6 Å². The molecule has 3 aromatic carbocycles. The molecule has 1 heterocycles. The van der Waals surface area contributed by atoms with Crippen molar-refractivity contribution in [1.29, 1.82) is 0 Å². The van der Waals surface area contributed by atoms with Crippen molar-refractivity contribution < 1.29 is 29.5 Å². The molecule has 0 radical (unpaired) electrons. The first-order valence-corrected chi connectivity index (χ1v) is 12.1. The van der Waals surface area contributed by atoms with Crippen LogP contribution >= 0.6 is 0 Å². The van der Waals surface area contributed by atoms with E-state index in [0.29, 0.717) is 29.6 Å². The molecule has 35 heavy (non-hydrogen) atoms. The fraction of sp³-hybridized carbons (Fsp3) is 0.379. The van der Waals surface area contributed by atoms with Crippen molar-refractivity contribution in [3.8, 4) is 39.9 Å². The summed E-state index contributed by atoms with van der Waals surface area (Å²) >= 11 is 0. The van der Waals surface area contributed by atoms with Gasteiger partial charge in [-0.05, 0) is 77.3 Å². The minimum atomic E-state index is -0.757. The number of phenols is 2. The summed E-state index contributed by atoms with van der Waals surface area (Å²) in [5.74, 6) is 2.57. The molecule has 3 aromatic rings. The van der Waals surface area contributed by atoms with Crippen molar-refractivity contribution in [1.82, 2.24) is 0 Å². The molecule has 6 heteroatoms. The third-order valence-corrected chi connectivity index (χ3v) is 7.09. The second-order valence-electron chi connectivity index (χ2n) is 9.89. The van der Waals surface area contributed by atoms with Gasteiger partial charge in [0.25, 0.3) is 0 Å². The number of aliphatic hydroxyl groups excluding tert-OH is 1. The molecule has 2 atom stereocenters. The zero-order chi connectivity index (χ0) is 24.9. The van der Waals surface area contributed by atoms with Crippen molar-refractivity contribution in [2.24, 2.45) is 5.92 Å². The predicted molar refractivity (Wildman–Crippen MR) is 134 cm³/mol. The maximum atomic E-state index is 11.1. The Kier molecular flexibility index (Phi) is 6.01. The van der Waals surface area contributed by atoms with Crippen molar-refractivity contribution >= 4 is 0 Å². The third kappa shape index (κ3) is 4.06. The number of benzene rings is 3. The number of methoxy groups -OCH3 is 2. The fourth-order valence-corrected chi connectivity index (χ4v) is 5.46. The molecule has 0 spiro atoms. The van der Waals surface area contributed by atoms with Crippen LogP contribution in [0.25, 0.3) is 11.1 Å². The van der Waals surface area contributed by atoms with Crippen LogP contribution in [0.15, 0.2) is 36.4 Å². The van der Waals surface area contributed by atoms with Crippen molar-refractivity contribution in [2.75, 3.05) is 14.2 Å². The van der Waals surface area contributed by atoms with Gasteiger partial charge in [-0.2, -0.15) is 0 Å². The summed E-state index contributed by atoms with van der Waals surface area (Å²) in [4.78, 5) is 0. The van der Waals surface area contributed by atoms with Crippen LogP contribution in [-0.2, 0) is 25.7 Å². The molecule has 6 nitrogen and oxygen atoms in total. The molecule has 0 bridgehead atoms. The Morgan fingerprint density at radius 1 is 0.943 bits per heavy atom. The molecular formula is C29H32O6. The van der Waals surface area contributed by atoms with Crippen LogP contribution < -0.4 is 14.2 Å². The largest absolute Gasteiger partial charge is 0.508 e. The van der Waals surface area contributed by atoms with Crippen LogP contribution in [0.4, 0.5) is 0 Å². The summed E-state index contributed by atoms with van der Waals surface area (Å²) in [5, 5.41) is 31.7. The number of rotatable bonds is 5. The molecule has 0 saturated heterocycles. The zero-order valence-corrected chi connectivity index (χ0v) is 20.6. The lowest BCUT2D eigenvalue weighted by Crippen LogP contribution is -2.31. The molecule has 0 amide bonds. The van der Waals surface area contributed by atoms with Gasteiger partial charge in [0.15, 0.2) is 11.5 Å². The summed E-state index contributed by atoms with van der Waals surface area (Å²) in [7, 11) is 3.15. The normalized spacial score (nSPS) is 18.3. The van der Waals surface area contributed by atoms with E-state index >= 15 is 0 Å². The Balaban J connectivity index is 1.60. The van der Waals surface area contributed by atoms with Crippen molar-refractivity contribution in [2.45, 2.75) is 51.7 Å². The topological polar surface area (TPSA) is 88.4 Å². The summed E-state index contributed by atoms with van der Waals surface area (Å²) in [6.07, 6.45) is 1.46. The molecule has 0 fully saturated rings. The highest BCUT2D eigenvalue weighted by atomic mass is 16.5. The van der Waals surface area contributed by atoms with Gasteiger partial charge in [0.1, 0.15) is 23.4 Å². The standard InChI is InChI=1S/C29H32O6/c1-15(2)9-18-10-20-16(11-23(18)31)5-7-19-21-13-24(32)29(17-6-8-22(30)26(12-17)33-3)35-25(21)14-27(34-4)28(19)20/h6,8,10-12,14-15,24,29-32H,5,7,9,13H2,1-4H3. The Hall–Kier alpha value is -3.38. The van der Waals surface area contributed by atoms with Crippen LogP contribution in [-0.4, -0.2) is 35.6 Å². The molecule has 1 aliphatic carbocycles. The van der Waals surface area contributed by atoms with E-state index in [1.54, 1.807) is 25.3 Å². The van der Waals surface area contributed by atoms with Crippen LogP contribution in [0, 0.1) is 5.92 Å². The second-order valence-corrected chi connectivity index (χ2v) is 9.89. The van der Waals surface area contributed by atoms with E-state index in [-0.39, 0.29) is 5.75 Å². The minimum Gasteiger partial charge on any atom is -0.508 e. The minimum absolute atomic E-state index is 0.0410. The van der Waals surface area contributed by atoms with E-state index in [9.17, 15) is 15.3 Å². The SMILES string of the molecule is COc1cc(C2Oc3cc(OC)c4c(c3CC2O)CCc2cc(O)c(CC(C)C)cc2-4)ccc1O. The first-order chi connectivity index (χ1) is 16.8. The Morgan fingerprint density at radius 3 is 2.43 bits per heavy atom. The number of aryl methyl sites for hydroxylation is 1. The molecule has 1 aliphatic heterocycles. The number of hydrogen-bond acceptors (Lipinski definition) is 6. The van der Waals surface area contributed by atoms with E-state index in [4.69, 9.17) is 14.2 Å². The van der Waals surface area contributed by atoms with E-state index < -0.39 is 12.2 Å². The number of fused-ring (bicyclic) bond motifs is 5. The second kappa shape index (κ2) is 9.00. The average molecular weight is 477 g/mol. The van der Waals surface area contributed by atoms with Gasteiger partial charge >= 0.3 is 0 Å². The smallest absolute Gasteiger partial charge is 0.160 e. The lowest BCUT2D eigenvalue weighted by molar-refractivity contribution is 0.0202. The quantitative estimate of drug-likeness (QED) is 0.474. The molecule has 0 aromatic heterocycles. The van der Waals surface area contributed by atoms with E-state index in [1.807, 2.05) is 12.1 Å². The Bertz CT molecular complexity index is 1280. The Morgan fingerprint density at radius 2 is 1.71 bits per heavy atom. The van der Waals surface area contributed by atoms with Crippen LogP contribution in [0.3, 0.4) is 0 Å². The van der Waals surface area contributed by atoms with E-state index in [2.05, 4.69) is 19.9 Å². The fourth-order valence-electron chi connectivity index (χ4n) is 5.46. The predicted octanol–water partition coefficient (Wildman–Crippen LogP) is 5.12. The van der Waals surface area contributed by atoms with Gasteiger partial charge in [0.2, 0.25) is 0 Å². The molecule has 0 saturated carbocycles. The van der Waals surface area contributed by atoms with Crippen LogP contribution in [0.5, 0.6) is 28.7 Å². The zero-order valence-electron chi connectivity index (χ0n) is 20.6. The van der Waals surface area contributed by atoms with Gasteiger partial charge in [-0.15, -0.1) is 0 Å². The first-order valence-electron chi connectivity index (χ1n) is 12.1. The van der Waals surface area contributed by atoms with Crippen LogP contribution in [0.1, 0.15) is 47.8 Å². The molecule has 2 unspecified atom stereocenters. The van der Waals surface area contributed by atoms with Crippen molar-refractivity contribution in [3.63, 3.8) is 0 Å². The lowest BCUT2D eigenvalue weighted by atomic mass is 9.79. The average Bonchev–Trinajstić information content (AvgIpc) is 2.83. The highest BCUT2D eigenvalue weighted by Gasteiger charge is 2.35. The molecular weight excluding hydrogens is 444 g/mol. The summed E-state index contributed by atoms with van der Waals surface area (Å²) in [6, 6.07) is 10.9. The number of ether oxygens (including phenoxy) is 3. The van der Waals surface area contributed by atoms with Gasteiger partial charge in [-0.25, -0.2) is 0 Å². The molecule has 5 rings (SSSR count). The van der Waals surface area contributed by atoms with Gasteiger partial charge in [0.05, 0.1) is 20.3 Å². The summed E-state index contributed by atoms with van der Waals surface area (Å²) < 4.78 is 17.4. The number of hydrogen-bond donors (Lipinski definition) is 3. The van der Waals surface area contributed by atoms with Crippen molar-refractivity contribution in [3.05, 3.63) is 64.2 Å². The number of aromatic hydroxyl groups is 2. The highest BCUT2D eigenvalue weighted by Crippen LogP contribution is 2.49. The molecule has 2 aliphatic rings. The molecule has 184 valence electrons. The maximum Gasteiger partial charge on any atom is 0.160 e. The third-order valence-electron chi connectivity index (χ3n) is 7.09. The van der Waals surface area contributed by atoms with Crippen LogP contribution in [0.2, 0.25) is 0 Å². The number of aliphatic hydroxyl groups is 1. The highest BCUT2D eigenvalue weighted by molar-refractivity contribution is 5.82. The van der Waals surface area contributed by atoms with E-state index in [1.165, 1.54) is 7.11 Å². The first kappa shape index (κ1) is 23.4. The van der Waals surface area contributed by atoms with Gasteiger partial charge < -0.3 is 29.5 Å². The molecule has 3 N–H and O–H groups in total. The maximum absolute atomic E-state index is 11.1. The summed E-state index contributed by atoms with van der Waals surface area (Å²) in [6.45, 7) is 4.28. The monoisotopic (exact) mass is 476 g/mol. The Labute approximate surface area is 205 Å². The van der Waals surface area contributed by atoms with E-state index in [0.717, 1.165) is 64.0 Å². The van der Waals surface area contributed by atoms with Gasteiger partial charge in [-0.1, -0.05) is 19.9 Å². The summed E-state index contributed by atoms with van der Waals surface area (Å²) in [5.41, 5.74) is 7.01. The van der Waals surface area contributed by atoms with Gasteiger partial charge in [-0.3, -0.25) is 0 Å². The number of phenolic OH excluding ortho intramolecular Hbond substituents is 2. The lowest BCUT2D eigenvalue weighted by Gasteiger charge is -2.35.